The fraction of sp³-hybridized carbons (Fsp3) is 0.179. The van der Waals surface area contributed by atoms with Crippen molar-refractivity contribution in [2.45, 2.75) is 43.8 Å². The van der Waals surface area contributed by atoms with E-state index in [-0.39, 0.29) is 37.3 Å². The van der Waals surface area contributed by atoms with Crippen molar-refractivity contribution in [1.82, 2.24) is 16.0 Å². The molecule has 9 nitrogen and oxygen atoms in total. The molecular formula is C39H37N3O6. The van der Waals surface area contributed by atoms with Crippen LogP contribution in [0.25, 0.3) is 10.8 Å². The van der Waals surface area contributed by atoms with Gasteiger partial charge < -0.3 is 26.2 Å². The minimum absolute atomic E-state index is 0.0329. The van der Waals surface area contributed by atoms with Crippen molar-refractivity contribution in [3.05, 3.63) is 150 Å². The number of benzene rings is 5. The largest absolute Gasteiger partial charge is 0.508 e. The Kier molecular flexibility index (Phi) is 11.2. The summed E-state index contributed by atoms with van der Waals surface area (Å²) in [4.78, 5) is 53.1. The fourth-order valence-electron chi connectivity index (χ4n) is 5.51. The molecule has 0 saturated heterocycles. The molecular weight excluding hydrogens is 606 g/mol. The second kappa shape index (κ2) is 16.0. The zero-order valence-electron chi connectivity index (χ0n) is 26.2. The Morgan fingerprint density at radius 2 is 0.958 bits per heavy atom. The molecule has 5 aromatic carbocycles. The molecule has 0 aliphatic rings. The van der Waals surface area contributed by atoms with Crippen LogP contribution in [0.2, 0.25) is 0 Å². The van der Waals surface area contributed by atoms with Gasteiger partial charge in [-0.25, -0.2) is 4.79 Å². The highest BCUT2D eigenvalue weighted by Crippen LogP contribution is 2.17. The van der Waals surface area contributed by atoms with E-state index in [1.165, 1.54) is 12.1 Å². The lowest BCUT2D eigenvalue weighted by atomic mass is 10.0. The summed E-state index contributed by atoms with van der Waals surface area (Å²) in [5, 5.41) is 29.8. The molecule has 0 radical (unpaired) electrons. The molecule has 5 rings (SSSR count). The first-order valence-electron chi connectivity index (χ1n) is 15.7. The lowest BCUT2D eigenvalue weighted by molar-refractivity contribution is -0.142. The van der Waals surface area contributed by atoms with Crippen molar-refractivity contribution in [2.24, 2.45) is 0 Å². The summed E-state index contributed by atoms with van der Waals surface area (Å²) in [6.07, 6.45) is 0.283. The summed E-state index contributed by atoms with van der Waals surface area (Å²) in [6.45, 7) is 0. The van der Waals surface area contributed by atoms with Gasteiger partial charge in [-0.3, -0.25) is 14.4 Å². The molecule has 0 aliphatic heterocycles. The SMILES string of the molecule is O=C(Cc1ccc2ccccc2c1)N[C@@H](Cc1ccccc1)C(=O)N[C@@H](Cc1ccccc1)C(=O)NC(Cc1ccc(O)cc1)C(=O)O. The lowest BCUT2D eigenvalue weighted by Gasteiger charge is -2.25. The molecule has 0 aromatic heterocycles. The number of carbonyl (C=O) groups is 4. The number of hydrogen-bond acceptors (Lipinski definition) is 5. The van der Waals surface area contributed by atoms with Crippen LogP contribution in [0, 0.1) is 0 Å². The molecule has 5 N–H and O–H groups in total. The van der Waals surface area contributed by atoms with E-state index in [2.05, 4.69) is 16.0 Å². The van der Waals surface area contributed by atoms with E-state index >= 15 is 0 Å². The Hall–Kier alpha value is -5.96. The molecule has 1 unspecified atom stereocenters. The van der Waals surface area contributed by atoms with Crippen molar-refractivity contribution < 1.29 is 29.4 Å². The first kappa shape index (κ1) is 33.4. The van der Waals surface area contributed by atoms with Crippen LogP contribution >= 0.6 is 0 Å². The van der Waals surface area contributed by atoms with Crippen molar-refractivity contribution in [3.8, 4) is 5.75 Å². The third-order valence-corrected chi connectivity index (χ3v) is 8.02. The van der Waals surface area contributed by atoms with Gasteiger partial charge in [-0.1, -0.05) is 115 Å². The maximum absolute atomic E-state index is 13.9. The second-order valence-corrected chi connectivity index (χ2v) is 11.7. The summed E-state index contributed by atoms with van der Waals surface area (Å²) in [7, 11) is 0. The van der Waals surface area contributed by atoms with Gasteiger partial charge in [-0.15, -0.1) is 0 Å². The van der Waals surface area contributed by atoms with E-state index in [4.69, 9.17) is 0 Å². The quantitative estimate of drug-likeness (QED) is 0.122. The molecule has 0 saturated carbocycles. The Bertz CT molecular complexity index is 1860. The van der Waals surface area contributed by atoms with Crippen LogP contribution in [0.1, 0.15) is 22.3 Å². The zero-order chi connectivity index (χ0) is 33.9. The van der Waals surface area contributed by atoms with Gasteiger partial charge in [0.25, 0.3) is 0 Å². The van der Waals surface area contributed by atoms with Gasteiger partial charge in [-0.2, -0.15) is 0 Å². The molecule has 3 amide bonds. The fourth-order valence-corrected chi connectivity index (χ4v) is 5.51. The molecule has 0 heterocycles. The number of amides is 3. The highest BCUT2D eigenvalue weighted by molar-refractivity contribution is 5.94. The Labute approximate surface area is 278 Å². The number of aromatic hydroxyl groups is 1. The van der Waals surface area contributed by atoms with Gasteiger partial charge in [0, 0.05) is 19.3 Å². The topological polar surface area (TPSA) is 145 Å². The van der Waals surface area contributed by atoms with Crippen LogP contribution in [0.5, 0.6) is 5.75 Å². The minimum atomic E-state index is -1.29. The van der Waals surface area contributed by atoms with Crippen LogP contribution in [0.15, 0.2) is 127 Å². The maximum atomic E-state index is 13.9. The Balaban J connectivity index is 1.34. The molecule has 244 valence electrons. The highest BCUT2D eigenvalue weighted by atomic mass is 16.4. The number of aliphatic carboxylic acids is 1. The summed E-state index contributed by atoms with van der Waals surface area (Å²) < 4.78 is 0. The number of carboxylic acid groups (broad SMARTS) is 1. The number of phenols is 1. The van der Waals surface area contributed by atoms with E-state index < -0.39 is 35.9 Å². The average Bonchev–Trinajstić information content (AvgIpc) is 3.09. The molecule has 5 aromatic rings. The molecule has 0 spiro atoms. The lowest BCUT2D eigenvalue weighted by Crippen LogP contribution is -2.57. The maximum Gasteiger partial charge on any atom is 0.326 e. The van der Waals surface area contributed by atoms with Crippen molar-refractivity contribution in [3.63, 3.8) is 0 Å². The number of rotatable bonds is 14. The van der Waals surface area contributed by atoms with Crippen molar-refractivity contribution in [1.29, 1.82) is 0 Å². The summed E-state index contributed by atoms with van der Waals surface area (Å²) >= 11 is 0. The number of nitrogens with one attached hydrogen (secondary N) is 3. The van der Waals surface area contributed by atoms with Gasteiger partial charge in [0.05, 0.1) is 6.42 Å². The first-order chi connectivity index (χ1) is 23.2. The van der Waals surface area contributed by atoms with Gasteiger partial charge in [-0.05, 0) is 45.2 Å². The first-order valence-corrected chi connectivity index (χ1v) is 15.7. The zero-order valence-corrected chi connectivity index (χ0v) is 26.2. The van der Waals surface area contributed by atoms with Gasteiger partial charge in [0.1, 0.15) is 23.9 Å². The molecule has 0 bridgehead atoms. The Morgan fingerprint density at radius 3 is 1.54 bits per heavy atom. The molecule has 3 atom stereocenters. The van der Waals surface area contributed by atoms with E-state index in [0.29, 0.717) is 5.56 Å². The predicted molar refractivity (Wildman–Crippen MR) is 183 cm³/mol. The van der Waals surface area contributed by atoms with E-state index in [9.17, 15) is 29.4 Å². The normalized spacial score (nSPS) is 12.8. The van der Waals surface area contributed by atoms with Crippen LogP contribution < -0.4 is 16.0 Å². The third kappa shape index (κ3) is 9.53. The van der Waals surface area contributed by atoms with E-state index in [0.717, 1.165) is 27.5 Å². The minimum Gasteiger partial charge on any atom is -0.508 e. The molecule has 0 fully saturated rings. The number of carbonyl (C=O) groups excluding carboxylic acids is 3. The number of fused-ring (bicyclic) bond motifs is 1. The molecule has 0 aliphatic carbocycles. The summed E-state index contributed by atoms with van der Waals surface area (Å²) in [5.74, 6) is -2.82. The van der Waals surface area contributed by atoms with Gasteiger partial charge in [0.2, 0.25) is 17.7 Å². The summed E-state index contributed by atoms with van der Waals surface area (Å²) in [5.41, 5.74) is 2.96. The smallest absolute Gasteiger partial charge is 0.326 e. The van der Waals surface area contributed by atoms with Crippen LogP contribution in [-0.2, 0) is 44.9 Å². The van der Waals surface area contributed by atoms with Crippen molar-refractivity contribution >= 4 is 34.5 Å². The Morgan fingerprint density at radius 1 is 0.500 bits per heavy atom. The molecule has 9 heteroatoms. The van der Waals surface area contributed by atoms with Crippen LogP contribution in [0.4, 0.5) is 0 Å². The number of hydrogen-bond donors (Lipinski definition) is 5. The van der Waals surface area contributed by atoms with Crippen LogP contribution in [0.3, 0.4) is 0 Å². The number of phenolic OH excluding ortho intramolecular Hbond substituents is 1. The van der Waals surface area contributed by atoms with E-state index in [1.807, 2.05) is 103 Å². The average molecular weight is 644 g/mol. The van der Waals surface area contributed by atoms with Gasteiger partial charge in [0.15, 0.2) is 0 Å². The number of carboxylic acids is 1. The van der Waals surface area contributed by atoms with Gasteiger partial charge >= 0.3 is 5.97 Å². The standard InChI is InChI=1S/C39H37N3O6/c43-32-19-16-28(17-20-32)24-35(39(47)48)42-38(46)34(23-27-11-5-2-6-12-27)41-37(45)33(22-26-9-3-1-4-10-26)40-36(44)25-29-15-18-30-13-7-8-14-31(30)21-29/h1-21,33-35,43H,22-25H2,(H,40,44)(H,41,45)(H,42,46)(H,47,48)/t33-,34-,35?/m0/s1. The van der Waals surface area contributed by atoms with E-state index in [1.54, 1.807) is 12.1 Å². The molecule has 48 heavy (non-hydrogen) atoms. The summed E-state index contributed by atoms with van der Waals surface area (Å²) in [6, 6.07) is 34.5. The van der Waals surface area contributed by atoms with Crippen LogP contribution in [-0.4, -0.2) is 52.0 Å². The predicted octanol–water partition coefficient (Wildman–Crippen LogP) is 4.36. The second-order valence-electron chi connectivity index (χ2n) is 11.7. The van der Waals surface area contributed by atoms with Crippen molar-refractivity contribution in [2.75, 3.05) is 0 Å². The highest BCUT2D eigenvalue weighted by Gasteiger charge is 2.30. The third-order valence-electron chi connectivity index (χ3n) is 8.02. The monoisotopic (exact) mass is 643 g/mol.